The number of benzene rings is 1. The molecular formula is C14H18N4O2. The summed E-state index contributed by atoms with van der Waals surface area (Å²) in [5, 5.41) is 7.04. The average Bonchev–Trinajstić information content (AvgIpc) is 2.84. The van der Waals surface area contributed by atoms with Gasteiger partial charge in [-0.1, -0.05) is 0 Å². The molecule has 0 unspecified atom stereocenters. The topological polar surface area (TPSA) is 82.2 Å². The third-order valence-corrected chi connectivity index (χ3v) is 2.84. The number of nitrogens with one attached hydrogen (secondary N) is 1. The molecule has 0 bridgehead atoms. The Balaban J connectivity index is 1.94. The predicted molar refractivity (Wildman–Crippen MR) is 77.6 cm³/mol. The lowest BCUT2D eigenvalue weighted by molar-refractivity contribution is -0.116. The maximum Gasteiger partial charge on any atom is 0.226 e. The lowest BCUT2D eigenvalue weighted by Gasteiger charge is -2.10. The van der Waals surface area contributed by atoms with Gasteiger partial charge in [0.1, 0.15) is 5.75 Å². The van der Waals surface area contributed by atoms with Crippen molar-refractivity contribution in [2.45, 2.75) is 19.9 Å². The minimum absolute atomic E-state index is 0.0961. The van der Waals surface area contributed by atoms with Gasteiger partial charge in [-0.2, -0.15) is 5.10 Å². The zero-order valence-electron chi connectivity index (χ0n) is 11.6. The van der Waals surface area contributed by atoms with E-state index in [9.17, 15) is 4.79 Å². The van der Waals surface area contributed by atoms with Crippen molar-refractivity contribution in [2.75, 3.05) is 18.2 Å². The number of nitrogen functional groups attached to an aromatic ring is 1. The molecule has 0 aliphatic rings. The van der Waals surface area contributed by atoms with Crippen molar-refractivity contribution in [3.8, 4) is 5.75 Å². The molecule has 0 radical (unpaired) electrons. The molecule has 0 saturated carbocycles. The fraction of sp³-hybridized carbons (Fsp3) is 0.286. The average molecular weight is 274 g/mol. The maximum atomic E-state index is 11.9. The molecule has 1 aromatic carbocycles. The van der Waals surface area contributed by atoms with E-state index in [2.05, 4.69) is 10.4 Å². The van der Waals surface area contributed by atoms with Gasteiger partial charge in [0, 0.05) is 30.9 Å². The highest BCUT2D eigenvalue weighted by molar-refractivity contribution is 5.92. The Morgan fingerprint density at radius 1 is 1.45 bits per heavy atom. The van der Waals surface area contributed by atoms with Gasteiger partial charge >= 0.3 is 0 Å². The number of nitrogens with two attached hydrogens (primary N) is 1. The summed E-state index contributed by atoms with van der Waals surface area (Å²) in [6, 6.07) is 7.02. The largest absolute Gasteiger partial charge is 0.494 e. The van der Waals surface area contributed by atoms with E-state index >= 15 is 0 Å². The smallest absolute Gasteiger partial charge is 0.226 e. The molecule has 0 atom stereocenters. The Labute approximate surface area is 117 Å². The van der Waals surface area contributed by atoms with Gasteiger partial charge < -0.3 is 15.8 Å². The maximum absolute atomic E-state index is 11.9. The van der Waals surface area contributed by atoms with Crippen LogP contribution in [0.25, 0.3) is 0 Å². The zero-order chi connectivity index (χ0) is 14.5. The van der Waals surface area contributed by atoms with Crippen molar-refractivity contribution in [3.05, 3.63) is 36.2 Å². The summed E-state index contributed by atoms with van der Waals surface area (Å²) >= 11 is 0. The minimum Gasteiger partial charge on any atom is -0.494 e. The van der Waals surface area contributed by atoms with E-state index in [1.807, 2.05) is 19.2 Å². The fourth-order valence-corrected chi connectivity index (χ4v) is 1.83. The molecule has 6 heteroatoms. The number of hydrogen-bond acceptors (Lipinski definition) is 4. The highest BCUT2D eigenvalue weighted by Crippen LogP contribution is 2.26. The van der Waals surface area contributed by atoms with Crippen LogP contribution in [0.1, 0.15) is 12.1 Å². The number of aromatic nitrogens is 2. The molecule has 2 aromatic rings. The second-order valence-electron chi connectivity index (χ2n) is 4.48. The van der Waals surface area contributed by atoms with E-state index in [0.717, 1.165) is 5.69 Å². The molecule has 6 nitrogen and oxygen atoms in total. The Bertz CT molecular complexity index is 607. The number of carbonyl (C=O) groups is 1. The lowest BCUT2D eigenvalue weighted by atomic mass is 10.2. The number of carbonyl (C=O) groups excluding carboxylic acids is 1. The van der Waals surface area contributed by atoms with Crippen LogP contribution in [0.3, 0.4) is 0 Å². The highest BCUT2D eigenvalue weighted by atomic mass is 16.5. The van der Waals surface area contributed by atoms with Crippen LogP contribution in [0.15, 0.2) is 30.5 Å². The third-order valence-electron chi connectivity index (χ3n) is 2.84. The number of ether oxygens (including phenoxy) is 1. The second-order valence-corrected chi connectivity index (χ2v) is 4.48. The Hall–Kier alpha value is -2.50. The number of amides is 1. The first-order valence-electron chi connectivity index (χ1n) is 6.32. The minimum atomic E-state index is -0.0961. The van der Waals surface area contributed by atoms with Gasteiger partial charge in [0.05, 0.1) is 18.5 Å². The number of anilines is 2. The Kier molecular flexibility index (Phi) is 4.24. The zero-order valence-corrected chi connectivity index (χ0v) is 11.6. The lowest BCUT2D eigenvalue weighted by Crippen LogP contribution is -2.15. The molecule has 0 spiro atoms. The first-order valence-corrected chi connectivity index (χ1v) is 6.32. The van der Waals surface area contributed by atoms with Crippen LogP contribution in [0.4, 0.5) is 11.4 Å². The van der Waals surface area contributed by atoms with Crippen molar-refractivity contribution in [3.63, 3.8) is 0 Å². The molecule has 0 aliphatic heterocycles. The van der Waals surface area contributed by atoms with Crippen molar-refractivity contribution in [1.29, 1.82) is 0 Å². The Morgan fingerprint density at radius 3 is 2.90 bits per heavy atom. The van der Waals surface area contributed by atoms with Gasteiger partial charge in [0.15, 0.2) is 0 Å². The van der Waals surface area contributed by atoms with Crippen LogP contribution in [0.2, 0.25) is 0 Å². The monoisotopic (exact) mass is 274 g/mol. The Morgan fingerprint density at radius 2 is 2.25 bits per heavy atom. The van der Waals surface area contributed by atoms with Gasteiger partial charge in [-0.3, -0.25) is 9.48 Å². The number of aryl methyl sites for hydroxylation is 2. The van der Waals surface area contributed by atoms with Crippen LogP contribution in [-0.4, -0.2) is 22.8 Å². The number of hydrogen-bond donors (Lipinski definition) is 2. The summed E-state index contributed by atoms with van der Waals surface area (Å²) in [5.41, 5.74) is 7.81. The van der Waals surface area contributed by atoms with Gasteiger partial charge in [-0.05, 0) is 25.1 Å². The molecule has 106 valence electrons. The molecule has 0 saturated heterocycles. The standard InChI is InChI=1S/C14H18N4O2/c1-10-5-7-18(17-10)8-6-14(19)16-12-4-3-11(15)9-13(12)20-2/h3-5,7,9H,6,8,15H2,1-2H3,(H,16,19). The van der Waals surface area contributed by atoms with Crippen molar-refractivity contribution < 1.29 is 9.53 Å². The fourth-order valence-electron chi connectivity index (χ4n) is 1.83. The third kappa shape index (κ3) is 3.50. The first-order chi connectivity index (χ1) is 9.58. The van der Waals surface area contributed by atoms with Crippen molar-refractivity contribution >= 4 is 17.3 Å². The second kappa shape index (κ2) is 6.10. The van der Waals surface area contributed by atoms with E-state index in [1.165, 1.54) is 7.11 Å². The molecular weight excluding hydrogens is 256 g/mol. The van der Waals surface area contributed by atoms with Gasteiger partial charge in [0.25, 0.3) is 0 Å². The van der Waals surface area contributed by atoms with E-state index in [0.29, 0.717) is 30.1 Å². The molecule has 0 fully saturated rings. The number of rotatable bonds is 5. The normalized spacial score (nSPS) is 10.3. The predicted octanol–water partition coefficient (Wildman–Crippen LogP) is 1.81. The number of methoxy groups -OCH3 is 1. The van der Waals surface area contributed by atoms with Crippen LogP contribution < -0.4 is 15.8 Å². The molecule has 1 heterocycles. The molecule has 20 heavy (non-hydrogen) atoms. The van der Waals surface area contributed by atoms with Gasteiger partial charge in [-0.15, -0.1) is 0 Å². The summed E-state index contributed by atoms with van der Waals surface area (Å²) < 4.78 is 6.93. The summed E-state index contributed by atoms with van der Waals surface area (Å²) in [4.78, 5) is 11.9. The van der Waals surface area contributed by atoms with Crippen LogP contribution in [0.5, 0.6) is 5.75 Å². The van der Waals surface area contributed by atoms with Crippen LogP contribution in [0, 0.1) is 6.92 Å². The van der Waals surface area contributed by atoms with E-state index in [4.69, 9.17) is 10.5 Å². The molecule has 3 N–H and O–H groups in total. The van der Waals surface area contributed by atoms with Crippen molar-refractivity contribution in [1.82, 2.24) is 9.78 Å². The van der Waals surface area contributed by atoms with E-state index in [1.54, 1.807) is 22.9 Å². The van der Waals surface area contributed by atoms with Gasteiger partial charge in [-0.25, -0.2) is 0 Å². The summed E-state index contributed by atoms with van der Waals surface area (Å²) in [5.74, 6) is 0.453. The van der Waals surface area contributed by atoms with E-state index in [-0.39, 0.29) is 5.91 Å². The van der Waals surface area contributed by atoms with Crippen LogP contribution in [-0.2, 0) is 11.3 Å². The quantitative estimate of drug-likeness (QED) is 0.815. The molecule has 0 aliphatic carbocycles. The summed E-state index contributed by atoms with van der Waals surface area (Å²) in [6.07, 6.45) is 2.20. The molecule has 2 rings (SSSR count). The summed E-state index contributed by atoms with van der Waals surface area (Å²) in [7, 11) is 1.54. The number of nitrogens with zero attached hydrogens (tertiary/aromatic N) is 2. The first kappa shape index (κ1) is 13.9. The van der Waals surface area contributed by atoms with Gasteiger partial charge in [0.2, 0.25) is 5.91 Å². The molecule has 1 amide bonds. The SMILES string of the molecule is COc1cc(N)ccc1NC(=O)CCn1ccc(C)n1. The van der Waals surface area contributed by atoms with Crippen molar-refractivity contribution in [2.24, 2.45) is 0 Å². The highest BCUT2D eigenvalue weighted by Gasteiger charge is 2.08. The van der Waals surface area contributed by atoms with Crippen LogP contribution >= 0.6 is 0 Å². The van der Waals surface area contributed by atoms with E-state index < -0.39 is 0 Å². The molecule has 1 aromatic heterocycles. The summed E-state index contributed by atoms with van der Waals surface area (Å²) in [6.45, 7) is 2.45.